The number of fused-ring (bicyclic) bond motifs is 1. The van der Waals surface area contributed by atoms with Crippen LogP contribution < -0.4 is 10.6 Å². The Morgan fingerprint density at radius 1 is 1.10 bits per heavy atom. The van der Waals surface area contributed by atoms with E-state index in [0.29, 0.717) is 29.4 Å². The van der Waals surface area contributed by atoms with Crippen LogP contribution in [-0.2, 0) is 6.54 Å². The van der Waals surface area contributed by atoms with Crippen molar-refractivity contribution in [3.63, 3.8) is 0 Å². The number of hydrogen-bond acceptors (Lipinski definition) is 3. The van der Waals surface area contributed by atoms with E-state index in [1.807, 2.05) is 33.7 Å². The molecule has 1 saturated heterocycles. The van der Waals surface area contributed by atoms with E-state index in [0.717, 1.165) is 37.0 Å². The lowest BCUT2D eigenvalue weighted by Gasteiger charge is -2.15. The number of carbonyl (C=O) groups excluding carboxylic acids is 2. The summed E-state index contributed by atoms with van der Waals surface area (Å²) in [5.41, 5.74) is 2.93. The predicted molar refractivity (Wildman–Crippen MR) is 113 cm³/mol. The summed E-state index contributed by atoms with van der Waals surface area (Å²) in [4.78, 5) is 30.9. The third kappa shape index (κ3) is 4.35. The molecule has 2 aromatic carbocycles. The van der Waals surface area contributed by atoms with Crippen LogP contribution in [0.25, 0.3) is 11.0 Å². The fourth-order valence-corrected chi connectivity index (χ4v) is 3.68. The summed E-state index contributed by atoms with van der Waals surface area (Å²) in [5, 5.41) is 6.02. The minimum atomic E-state index is -0.319. The second-order valence-electron chi connectivity index (χ2n) is 7.00. The second kappa shape index (κ2) is 8.53. The van der Waals surface area contributed by atoms with Gasteiger partial charge in [-0.05, 0) is 43.2 Å². The van der Waals surface area contributed by atoms with Gasteiger partial charge in [0.2, 0.25) is 0 Å². The smallest absolute Gasteiger partial charge is 0.319 e. The summed E-state index contributed by atoms with van der Waals surface area (Å²) in [5.74, 6) is 0.0665. The molecular formula is C21H22ClN5O2. The number of aromatic nitrogens is 2. The molecule has 2 heterocycles. The zero-order valence-electron chi connectivity index (χ0n) is 15.9. The maximum Gasteiger partial charge on any atom is 0.319 e. The van der Waals surface area contributed by atoms with Crippen molar-refractivity contribution in [2.75, 3.05) is 25.0 Å². The Bertz CT molecular complexity index is 1040. The number of hydrogen-bond donors (Lipinski definition) is 2. The number of anilines is 1. The first-order valence-electron chi connectivity index (χ1n) is 9.65. The van der Waals surface area contributed by atoms with Crippen LogP contribution in [0.3, 0.4) is 0 Å². The quantitative estimate of drug-likeness (QED) is 0.671. The molecule has 0 bridgehead atoms. The van der Waals surface area contributed by atoms with Crippen molar-refractivity contribution in [2.45, 2.75) is 19.4 Å². The molecule has 150 valence electrons. The first-order chi connectivity index (χ1) is 14.1. The number of nitrogens with one attached hydrogen (secondary N) is 2. The molecule has 0 saturated carbocycles. The predicted octanol–water partition coefficient (Wildman–Crippen LogP) is 3.75. The van der Waals surface area contributed by atoms with Gasteiger partial charge in [-0.2, -0.15) is 0 Å². The van der Waals surface area contributed by atoms with Gasteiger partial charge in [0.1, 0.15) is 0 Å². The molecule has 3 aromatic rings. The van der Waals surface area contributed by atoms with Crippen LogP contribution >= 0.6 is 11.6 Å². The molecule has 2 N–H and O–H groups in total. The van der Waals surface area contributed by atoms with E-state index in [9.17, 15) is 9.59 Å². The maximum absolute atomic E-state index is 12.5. The average Bonchev–Trinajstić information content (AvgIpc) is 3.39. The Morgan fingerprint density at radius 3 is 2.69 bits per heavy atom. The van der Waals surface area contributed by atoms with E-state index in [1.54, 1.807) is 24.5 Å². The van der Waals surface area contributed by atoms with Crippen LogP contribution in [0, 0.1) is 0 Å². The minimum Gasteiger partial charge on any atom is -0.339 e. The van der Waals surface area contributed by atoms with Gasteiger partial charge >= 0.3 is 6.03 Å². The molecule has 1 aliphatic heterocycles. The Morgan fingerprint density at radius 2 is 1.90 bits per heavy atom. The highest BCUT2D eigenvalue weighted by molar-refractivity contribution is 6.33. The number of carbonyl (C=O) groups is 2. The SMILES string of the molecule is O=C(NCCn1cnc2cc(C(=O)N3CCCC3)ccc21)Nc1ccccc1Cl. The highest BCUT2D eigenvalue weighted by Crippen LogP contribution is 2.20. The number of imidazole rings is 1. The number of rotatable bonds is 5. The number of likely N-dealkylation sites (tertiary alicyclic amines) is 1. The van der Waals surface area contributed by atoms with E-state index in [4.69, 9.17) is 11.6 Å². The standard InChI is InChI=1S/C21H22ClN5O2/c22-16-5-1-2-6-17(16)25-21(29)23-9-12-27-14-24-18-13-15(7-8-19(18)27)20(28)26-10-3-4-11-26/h1-2,5-8,13-14H,3-4,9-12H2,(H2,23,25,29). The molecule has 29 heavy (non-hydrogen) atoms. The minimum absolute atomic E-state index is 0.0665. The molecule has 8 heteroatoms. The monoisotopic (exact) mass is 411 g/mol. The van der Waals surface area contributed by atoms with Crippen molar-refractivity contribution in [1.82, 2.24) is 19.8 Å². The number of benzene rings is 2. The van der Waals surface area contributed by atoms with Crippen LogP contribution in [0.4, 0.5) is 10.5 Å². The Kier molecular flexibility index (Phi) is 5.67. The van der Waals surface area contributed by atoms with Crippen molar-refractivity contribution >= 4 is 40.3 Å². The van der Waals surface area contributed by atoms with Gasteiger partial charge in [-0.25, -0.2) is 9.78 Å². The summed E-state index contributed by atoms with van der Waals surface area (Å²) < 4.78 is 1.95. The molecule has 3 amide bonds. The first kappa shape index (κ1) is 19.3. The summed E-state index contributed by atoms with van der Waals surface area (Å²) in [6, 6.07) is 12.4. The van der Waals surface area contributed by atoms with Crippen LogP contribution in [0.5, 0.6) is 0 Å². The van der Waals surface area contributed by atoms with Gasteiger partial charge in [0.25, 0.3) is 5.91 Å². The number of amides is 3. The fourth-order valence-electron chi connectivity index (χ4n) is 3.50. The summed E-state index contributed by atoms with van der Waals surface area (Å²) >= 11 is 6.04. The Labute approximate surface area is 173 Å². The van der Waals surface area contributed by atoms with E-state index < -0.39 is 0 Å². The molecule has 1 aromatic heterocycles. The van der Waals surface area contributed by atoms with Crippen molar-refractivity contribution in [3.05, 3.63) is 59.4 Å². The van der Waals surface area contributed by atoms with Crippen molar-refractivity contribution in [3.8, 4) is 0 Å². The van der Waals surface area contributed by atoms with Crippen molar-refractivity contribution in [1.29, 1.82) is 0 Å². The number of para-hydroxylation sites is 1. The number of urea groups is 1. The van der Waals surface area contributed by atoms with Crippen molar-refractivity contribution in [2.24, 2.45) is 0 Å². The van der Waals surface area contributed by atoms with Crippen LogP contribution in [0.1, 0.15) is 23.2 Å². The topological polar surface area (TPSA) is 79.3 Å². The van der Waals surface area contributed by atoms with Gasteiger partial charge in [0.05, 0.1) is 28.1 Å². The lowest BCUT2D eigenvalue weighted by molar-refractivity contribution is 0.0793. The number of nitrogens with zero attached hydrogens (tertiary/aromatic N) is 3. The number of halogens is 1. The van der Waals surface area contributed by atoms with E-state index in [-0.39, 0.29) is 11.9 Å². The van der Waals surface area contributed by atoms with Crippen LogP contribution in [0.15, 0.2) is 48.8 Å². The first-order valence-corrected chi connectivity index (χ1v) is 10.0. The maximum atomic E-state index is 12.5. The van der Waals surface area contributed by atoms with Gasteiger partial charge in [-0.15, -0.1) is 0 Å². The van der Waals surface area contributed by atoms with Gasteiger partial charge in [-0.1, -0.05) is 23.7 Å². The molecule has 0 spiro atoms. The molecule has 0 unspecified atom stereocenters. The third-order valence-corrected chi connectivity index (χ3v) is 5.35. The Hall–Kier alpha value is -3.06. The van der Waals surface area contributed by atoms with Gasteiger partial charge in [-0.3, -0.25) is 4.79 Å². The van der Waals surface area contributed by atoms with E-state index in [2.05, 4.69) is 15.6 Å². The zero-order valence-corrected chi connectivity index (χ0v) is 16.7. The molecule has 1 aliphatic rings. The second-order valence-corrected chi connectivity index (χ2v) is 7.41. The average molecular weight is 412 g/mol. The fraction of sp³-hybridized carbons (Fsp3) is 0.286. The lowest BCUT2D eigenvalue weighted by Crippen LogP contribution is -2.31. The molecule has 0 aliphatic carbocycles. The molecular weight excluding hydrogens is 390 g/mol. The van der Waals surface area contributed by atoms with E-state index >= 15 is 0 Å². The summed E-state index contributed by atoms with van der Waals surface area (Å²) in [6.45, 7) is 2.64. The largest absolute Gasteiger partial charge is 0.339 e. The lowest BCUT2D eigenvalue weighted by atomic mass is 10.1. The van der Waals surface area contributed by atoms with Crippen molar-refractivity contribution < 1.29 is 9.59 Å². The highest BCUT2D eigenvalue weighted by Gasteiger charge is 2.20. The summed E-state index contributed by atoms with van der Waals surface area (Å²) in [7, 11) is 0. The normalized spacial score (nSPS) is 13.6. The van der Waals surface area contributed by atoms with Crippen LogP contribution in [-0.4, -0.2) is 46.0 Å². The zero-order chi connectivity index (χ0) is 20.2. The summed E-state index contributed by atoms with van der Waals surface area (Å²) in [6.07, 6.45) is 3.86. The molecule has 0 atom stereocenters. The molecule has 1 fully saturated rings. The van der Waals surface area contributed by atoms with E-state index in [1.165, 1.54) is 0 Å². The Balaban J connectivity index is 1.35. The molecule has 4 rings (SSSR count). The molecule has 0 radical (unpaired) electrons. The highest BCUT2D eigenvalue weighted by atomic mass is 35.5. The van der Waals surface area contributed by atoms with Gasteiger partial charge in [0, 0.05) is 31.7 Å². The van der Waals surface area contributed by atoms with Gasteiger partial charge < -0.3 is 20.1 Å². The third-order valence-electron chi connectivity index (χ3n) is 5.02. The van der Waals surface area contributed by atoms with Crippen LogP contribution in [0.2, 0.25) is 5.02 Å². The molecule has 7 nitrogen and oxygen atoms in total. The van der Waals surface area contributed by atoms with Gasteiger partial charge in [0.15, 0.2) is 0 Å².